The molecule has 0 radical (unpaired) electrons. The summed E-state index contributed by atoms with van der Waals surface area (Å²) in [5.41, 5.74) is 3.44. The van der Waals surface area contributed by atoms with Crippen LogP contribution < -0.4 is 10.6 Å². The second-order valence-electron chi connectivity index (χ2n) is 6.75. The molecule has 3 aromatic carbocycles. The first kappa shape index (κ1) is 19.2. The standard InChI is InChI=1S/C23H19N3O4/c27-22(28)19(13-15-7-2-1-3-8-15)26-23(29)24-17-10-6-9-16(14-17)21-25-18-11-4-5-12-20(18)30-21/h1-12,14,19H,13H2,(H,27,28)(H2,24,26,29)/t19-/m0/s1. The maximum Gasteiger partial charge on any atom is 0.326 e. The van der Waals surface area contributed by atoms with Gasteiger partial charge in [0.1, 0.15) is 11.6 Å². The van der Waals surface area contributed by atoms with Crippen LogP contribution in [0.5, 0.6) is 0 Å². The number of nitrogens with one attached hydrogen (secondary N) is 2. The summed E-state index contributed by atoms with van der Waals surface area (Å²) in [5, 5.41) is 14.6. The van der Waals surface area contributed by atoms with Gasteiger partial charge in [0.2, 0.25) is 5.89 Å². The Morgan fingerprint density at radius 1 is 0.967 bits per heavy atom. The number of hydrogen-bond acceptors (Lipinski definition) is 4. The Hall–Kier alpha value is -4.13. The number of amides is 2. The molecule has 3 N–H and O–H groups in total. The van der Waals surface area contributed by atoms with Crippen molar-refractivity contribution in [2.75, 3.05) is 5.32 Å². The lowest BCUT2D eigenvalue weighted by Crippen LogP contribution is -2.44. The number of aliphatic carboxylic acids is 1. The molecule has 150 valence electrons. The summed E-state index contributed by atoms with van der Waals surface area (Å²) >= 11 is 0. The van der Waals surface area contributed by atoms with Crippen LogP contribution in [0.2, 0.25) is 0 Å². The molecular formula is C23H19N3O4. The third kappa shape index (κ3) is 4.47. The molecule has 4 rings (SSSR count). The number of fused-ring (bicyclic) bond motifs is 1. The Kier molecular flexibility index (Phi) is 5.43. The van der Waals surface area contributed by atoms with Crippen LogP contribution in [0, 0.1) is 0 Å². The van der Waals surface area contributed by atoms with Crippen molar-refractivity contribution in [2.45, 2.75) is 12.5 Å². The number of carbonyl (C=O) groups is 2. The van der Waals surface area contributed by atoms with E-state index in [1.54, 1.807) is 18.2 Å². The minimum absolute atomic E-state index is 0.187. The second-order valence-corrected chi connectivity index (χ2v) is 6.75. The van der Waals surface area contributed by atoms with Crippen molar-refractivity contribution in [3.8, 4) is 11.5 Å². The molecule has 2 amide bonds. The van der Waals surface area contributed by atoms with E-state index in [4.69, 9.17) is 4.42 Å². The van der Waals surface area contributed by atoms with E-state index in [1.807, 2.05) is 60.7 Å². The maximum atomic E-state index is 12.4. The number of carboxylic acid groups (broad SMARTS) is 1. The normalized spacial score (nSPS) is 11.7. The fourth-order valence-corrected chi connectivity index (χ4v) is 3.10. The second kappa shape index (κ2) is 8.48. The molecule has 4 aromatic rings. The highest BCUT2D eigenvalue weighted by Crippen LogP contribution is 2.26. The highest BCUT2D eigenvalue weighted by molar-refractivity contribution is 5.93. The molecule has 0 aliphatic rings. The predicted molar refractivity (Wildman–Crippen MR) is 113 cm³/mol. The van der Waals surface area contributed by atoms with E-state index in [0.717, 1.165) is 11.1 Å². The van der Waals surface area contributed by atoms with Crippen LogP contribution >= 0.6 is 0 Å². The first-order valence-electron chi connectivity index (χ1n) is 9.39. The summed E-state index contributed by atoms with van der Waals surface area (Å²) in [6.07, 6.45) is 0.187. The van der Waals surface area contributed by atoms with Crippen molar-refractivity contribution in [1.82, 2.24) is 10.3 Å². The fourth-order valence-electron chi connectivity index (χ4n) is 3.10. The van der Waals surface area contributed by atoms with Crippen molar-refractivity contribution in [3.63, 3.8) is 0 Å². The summed E-state index contributed by atoms with van der Waals surface area (Å²) in [4.78, 5) is 28.4. The number of nitrogens with zero attached hydrogens (tertiary/aromatic N) is 1. The van der Waals surface area contributed by atoms with E-state index < -0.39 is 18.0 Å². The number of carboxylic acids is 1. The van der Waals surface area contributed by atoms with Crippen LogP contribution in [0.25, 0.3) is 22.6 Å². The van der Waals surface area contributed by atoms with E-state index in [2.05, 4.69) is 15.6 Å². The van der Waals surface area contributed by atoms with Gasteiger partial charge in [0.15, 0.2) is 5.58 Å². The Bertz CT molecular complexity index is 1150. The van der Waals surface area contributed by atoms with Gasteiger partial charge in [0.25, 0.3) is 0 Å². The van der Waals surface area contributed by atoms with Gasteiger partial charge in [-0.2, -0.15) is 0 Å². The number of para-hydroxylation sites is 2. The summed E-state index contributed by atoms with van der Waals surface area (Å²) in [5.74, 6) is -0.665. The number of carbonyl (C=O) groups excluding carboxylic acids is 1. The van der Waals surface area contributed by atoms with Gasteiger partial charge < -0.3 is 20.2 Å². The highest BCUT2D eigenvalue weighted by atomic mass is 16.4. The number of rotatable bonds is 6. The van der Waals surface area contributed by atoms with E-state index in [-0.39, 0.29) is 6.42 Å². The minimum Gasteiger partial charge on any atom is -0.480 e. The van der Waals surface area contributed by atoms with Crippen LogP contribution in [0.15, 0.2) is 83.3 Å². The zero-order valence-corrected chi connectivity index (χ0v) is 15.9. The molecule has 30 heavy (non-hydrogen) atoms. The summed E-state index contributed by atoms with van der Waals surface area (Å²) in [6.45, 7) is 0. The average molecular weight is 401 g/mol. The maximum absolute atomic E-state index is 12.4. The van der Waals surface area contributed by atoms with Crippen molar-refractivity contribution >= 4 is 28.8 Å². The van der Waals surface area contributed by atoms with Crippen LogP contribution in [-0.4, -0.2) is 28.1 Å². The number of oxazole rings is 1. The Morgan fingerprint density at radius 3 is 2.50 bits per heavy atom. The zero-order chi connectivity index (χ0) is 20.9. The van der Waals surface area contributed by atoms with Crippen LogP contribution in [0.1, 0.15) is 5.56 Å². The largest absolute Gasteiger partial charge is 0.480 e. The van der Waals surface area contributed by atoms with Gasteiger partial charge in [0.05, 0.1) is 0 Å². The molecule has 1 aromatic heterocycles. The molecule has 0 fully saturated rings. The first-order chi connectivity index (χ1) is 14.6. The van der Waals surface area contributed by atoms with E-state index >= 15 is 0 Å². The monoisotopic (exact) mass is 401 g/mol. The quantitative estimate of drug-likeness (QED) is 0.446. The fraction of sp³-hybridized carbons (Fsp3) is 0.0870. The first-order valence-corrected chi connectivity index (χ1v) is 9.39. The van der Waals surface area contributed by atoms with E-state index in [1.165, 1.54) is 0 Å². The summed E-state index contributed by atoms with van der Waals surface area (Å²) < 4.78 is 5.76. The number of benzene rings is 3. The lowest BCUT2D eigenvalue weighted by atomic mass is 10.1. The summed E-state index contributed by atoms with van der Waals surface area (Å²) in [6, 6.07) is 21.9. The van der Waals surface area contributed by atoms with Crippen LogP contribution in [-0.2, 0) is 11.2 Å². The van der Waals surface area contributed by atoms with Crippen molar-refractivity contribution in [3.05, 3.63) is 84.4 Å². The Morgan fingerprint density at radius 2 is 1.73 bits per heavy atom. The number of anilines is 1. The molecule has 0 aliphatic carbocycles. The van der Waals surface area contributed by atoms with Crippen molar-refractivity contribution < 1.29 is 19.1 Å². The molecule has 0 bridgehead atoms. The third-order valence-electron chi connectivity index (χ3n) is 4.55. The lowest BCUT2D eigenvalue weighted by Gasteiger charge is -2.15. The molecule has 1 atom stereocenters. The smallest absolute Gasteiger partial charge is 0.326 e. The van der Waals surface area contributed by atoms with Gasteiger partial charge in [-0.25, -0.2) is 14.6 Å². The van der Waals surface area contributed by atoms with E-state index in [9.17, 15) is 14.7 Å². The lowest BCUT2D eigenvalue weighted by molar-refractivity contribution is -0.139. The van der Waals surface area contributed by atoms with Gasteiger partial charge in [-0.15, -0.1) is 0 Å². The molecule has 0 unspecified atom stereocenters. The van der Waals surface area contributed by atoms with Gasteiger partial charge in [-0.05, 0) is 35.9 Å². The molecule has 1 heterocycles. The molecule has 7 nitrogen and oxygen atoms in total. The Balaban J connectivity index is 1.46. The third-order valence-corrected chi connectivity index (χ3v) is 4.55. The van der Waals surface area contributed by atoms with Gasteiger partial charge >= 0.3 is 12.0 Å². The zero-order valence-electron chi connectivity index (χ0n) is 15.9. The molecule has 0 spiro atoms. The van der Waals surface area contributed by atoms with Crippen molar-refractivity contribution in [2.24, 2.45) is 0 Å². The minimum atomic E-state index is -1.10. The highest BCUT2D eigenvalue weighted by Gasteiger charge is 2.20. The van der Waals surface area contributed by atoms with Crippen LogP contribution in [0.4, 0.5) is 10.5 Å². The molecule has 0 saturated heterocycles. The predicted octanol–water partition coefficient (Wildman–Crippen LogP) is 4.31. The average Bonchev–Trinajstić information content (AvgIpc) is 3.18. The molecular weight excluding hydrogens is 382 g/mol. The van der Waals surface area contributed by atoms with Gasteiger partial charge in [-0.1, -0.05) is 48.5 Å². The number of hydrogen-bond donors (Lipinski definition) is 3. The van der Waals surface area contributed by atoms with Gasteiger partial charge in [-0.3, -0.25) is 0 Å². The molecule has 7 heteroatoms. The Labute approximate surface area is 172 Å². The SMILES string of the molecule is O=C(Nc1cccc(-c2nc3ccccc3o2)c1)N[C@@H](Cc1ccccc1)C(=O)O. The topological polar surface area (TPSA) is 104 Å². The van der Waals surface area contributed by atoms with Gasteiger partial charge in [0, 0.05) is 17.7 Å². The molecule has 0 aliphatic heterocycles. The number of urea groups is 1. The van der Waals surface area contributed by atoms with Crippen molar-refractivity contribution in [1.29, 1.82) is 0 Å². The number of aromatic nitrogens is 1. The van der Waals surface area contributed by atoms with E-state index in [0.29, 0.717) is 22.7 Å². The summed E-state index contributed by atoms with van der Waals surface area (Å²) in [7, 11) is 0. The van der Waals surface area contributed by atoms with Crippen LogP contribution in [0.3, 0.4) is 0 Å². The molecule has 0 saturated carbocycles.